The number of nitrogens with zero attached hydrogens (tertiary/aromatic N) is 3. The lowest BCUT2D eigenvalue weighted by molar-refractivity contribution is -0.128. The number of amides is 3. The molecule has 0 unspecified atom stereocenters. The van der Waals surface area contributed by atoms with Gasteiger partial charge < -0.3 is 9.47 Å². The lowest BCUT2D eigenvalue weighted by Crippen LogP contribution is -2.42. The molecule has 0 aromatic heterocycles. The van der Waals surface area contributed by atoms with E-state index in [-0.39, 0.29) is 24.6 Å². The second-order valence-electron chi connectivity index (χ2n) is 8.15. The van der Waals surface area contributed by atoms with E-state index in [4.69, 9.17) is 9.47 Å². The molecule has 7 heteroatoms. The second-order valence-corrected chi connectivity index (χ2v) is 8.15. The van der Waals surface area contributed by atoms with Gasteiger partial charge in [-0.3, -0.25) is 14.6 Å². The molecule has 2 aliphatic heterocycles. The van der Waals surface area contributed by atoms with E-state index in [0.717, 1.165) is 47.7 Å². The summed E-state index contributed by atoms with van der Waals surface area (Å²) >= 11 is 0. The van der Waals surface area contributed by atoms with E-state index < -0.39 is 6.04 Å². The first kappa shape index (κ1) is 21.2. The highest BCUT2D eigenvalue weighted by atomic mass is 16.5. The molecule has 2 saturated heterocycles. The number of methoxy groups -OCH3 is 2. The Bertz CT molecular complexity index is 975. The molecule has 2 aliphatic rings. The number of hydrogen-bond acceptors (Lipinski definition) is 5. The van der Waals surface area contributed by atoms with Crippen LogP contribution >= 0.6 is 0 Å². The maximum atomic E-state index is 13.2. The van der Waals surface area contributed by atoms with Crippen LogP contribution < -0.4 is 14.4 Å². The van der Waals surface area contributed by atoms with Crippen LogP contribution in [-0.2, 0) is 4.79 Å². The first-order chi connectivity index (χ1) is 14.9. The summed E-state index contributed by atoms with van der Waals surface area (Å²) in [5.74, 6) is 1.32. The van der Waals surface area contributed by atoms with Crippen molar-refractivity contribution < 1.29 is 19.1 Å². The largest absolute Gasteiger partial charge is 0.497 e. The highest BCUT2D eigenvalue weighted by Crippen LogP contribution is 2.39. The summed E-state index contributed by atoms with van der Waals surface area (Å²) in [5.41, 5.74) is 2.90. The van der Waals surface area contributed by atoms with Gasteiger partial charge in [0.25, 0.3) is 5.91 Å². The number of benzene rings is 2. The summed E-state index contributed by atoms with van der Waals surface area (Å²) < 4.78 is 10.9. The minimum absolute atomic E-state index is 0.0742. The average molecular weight is 424 g/mol. The first-order valence-electron chi connectivity index (χ1n) is 10.6. The minimum Gasteiger partial charge on any atom is -0.497 e. The zero-order valence-corrected chi connectivity index (χ0v) is 18.5. The SMILES string of the molecule is COc1ccc([C@H]2CCCN2CN2C(=O)[C@H](C)N(c3ccc(C)cc3)C2=O)c(OC)c1. The predicted octanol–water partition coefficient (Wildman–Crippen LogP) is 3.96. The third-order valence-electron chi connectivity index (χ3n) is 6.25. The molecule has 2 atom stereocenters. The van der Waals surface area contributed by atoms with Crippen molar-refractivity contribution in [1.29, 1.82) is 0 Å². The highest BCUT2D eigenvalue weighted by Gasteiger charge is 2.45. The van der Waals surface area contributed by atoms with Crippen molar-refractivity contribution in [3.8, 4) is 11.5 Å². The summed E-state index contributed by atoms with van der Waals surface area (Å²) in [6, 6.07) is 12.8. The van der Waals surface area contributed by atoms with Gasteiger partial charge in [-0.1, -0.05) is 23.8 Å². The van der Waals surface area contributed by atoms with E-state index in [1.165, 1.54) is 4.90 Å². The van der Waals surface area contributed by atoms with E-state index in [2.05, 4.69) is 4.90 Å². The Morgan fingerprint density at radius 2 is 1.77 bits per heavy atom. The van der Waals surface area contributed by atoms with Crippen molar-refractivity contribution in [2.75, 3.05) is 32.3 Å². The van der Waals surface area contributed by atoms with Gasteiger partial charge in [-0.15, -0.1) is 0 Å². The number of ether oxygens (including phenoxy) is 2. The number of carbonyl (C=O) groups excluding carboxylic acids is 2. The summed E-state index contributed by atoms with van der Waals surface area (Å²) in [4.78, 5) is 31.4. The Morgan fingerprint density at radius 3 is 2.45 bits per heavy atom. The molecule has 2 heterocycles. The molecule has 4 rings (SSSR count). The molecule has 7 nitrogen and oxygen atoms in total. The number of anilines is 1. The molecule has 0 aliphatic carbocycles. The third kappa shape index (κ3) is 3.85. The topological polar surface area (TPSA) is 62.3 Å². The van der Waals surface area contributed by atoms with Crippen LogP contribution in [0.15, 0.2) is 42.5 Å². The van der Waals surface area contributed by atoms with Gasteiger partial charge in [-0.05, 0) is 44.9 Å². The van der Waals surface area contributed by atoms with Gasteiger partial charge >= 0.3 is 6.03 Å². The van der Waals surface area contributed by atoms with Gasteiger partial charge in [-0.2, -0.15) is 0 Å². The second kappa shape index (κ2) is 8.59. The zero-order valence-electron chi connectivity index (χ0n) is 18.5. The molecule has 0 radical (unpaired) electrons. The van der Waals surface area contributed by atoms with Crippen molar-refractivity contribution in [2.45, 2.75) is 38.8 Å². The zero-order chi connectivity index (χ0) is 22.1. The minimum atomic E-state index is -0.521. The number of imide groups is 1. The number of carbonyl (C=O) groups is 2. The van der Waals surface area contributed by atoms with Crippen LogP contribution in [0.2, 0.25) is 0 Å². The highest BCUT2D eigenvalue weighted by molar-refractivity contribution is 6.14. The van der Waals surface area contributed by atoms with Crippen LogP contribution in [0.1, 0.15) is 36.9 Å². The smallest absolute Gasteiger partial charge is 0.333 e. The van der Waals surface area contributed by atoms with Gasteiger partial charge in [0.2, 0.25) is 0 Å². The molecule has 31 heavy (non-hydrogen) atoms. The fourth-order valence-corrected chi connectivity index (χ4v) is 4.52. The van der Waals surface area contributed by atoms with Crippen LogP contribution in [0.25, 0.3) is 0 Å². The number of urea groups is 1. The molecule has 2 fully saturated rings. The van der Waals surface area contributed by atoms with Crippen molar-refractivity contribution in [3.05, 3.63) is 53.6 Å². The Morgan fingerprint density at radius 1 is 1.03 bits per heavy atom. The average Bonchev–Trinajstić information content (AvgIpc) is 3.32. The van der Waals surface area contributed by atoms with Crippen molar-refractivity contribution in [2.24, 2.45) is 0 Å². The monoisotopic (exact) mass is 423 g/mol. The molecule has 3 amide bonds. The van der Waals surface area contributed by atoms with Gasteiger partial charge in [0.05, 0.1) is 20.9 Å². The molecule has 2 aromatic carbocycles. The first-order valence-corrected chi connectivity index (χ1v) is 10.6. The van der Waals surface area contributed by atoms with Gasteiger partial charge in [0.1, 0.15) is 17.5 Å². The predicted molar refractivity (Wildman–Crippen MR) is 118 cm³/mol. The quantitative estimate of drug-likeness (QED) is 0.658. The third-order valence-corrected chi connectivity index (χ3v) is 6.25. The van der Waals surface area contributed by atoms with Gasteiger partial charge in [0, 0.05) is 29.9 Å². The Balaban J connectivity index is 1.56. The van der Waals surface area contributed by atoms with Crippen molar-refractivity contribution in [1.82, 2.24) is 9.80 Å². The van der Waals surface area contributed by atoms with Crippen LogP contribution in [0.5, 0.6) is 11.5 Å². The molecule has 0 bridgehead atoms. The Labute approximate surface area is 183 Å². The molecule has 164 valence electrons. The molecular weight excluding hydrogens is 394 g/mol. The van der Waals surface area contributed by atoms with Crippen molar-refractivity contribution in [3.63, 3.8) is 0 Å². The number of likely N-dealkylation sites (tertiary alicyclic amines) is 1. The van der Waals surface area contributed by atoms with E-state index in [0.29, 0.717) is 0 Å². The van der Waals surface area contributed by atoms with E-state index in [1.54, 1.807) is 26.0 Å². The summed E-state index contributed by atoms with van der Waals surface area (Å²) in [6.45, 7) is 4.87. The fourth-order valence-electron chi connectivity index (χ4n) is 4.52. The fraction of sp³-hybridized carbons (Fsp3) is 0.417. The van der Waals surface area contributed by atoms with Crippen LogP contribution in [0.3, 0.4) is 0 Å². The Hall–Kier alpha value is -3.06. The van der Waals surface area contributed by atoms with Gasteiger partial charge in [-0.25, -0.2) is 9.69 Å². The van der Waals surface area contributed by atoms with E-state index >= 15 is 0 Å². The number of rotatable bonds is 6. The van der Waals surface area contributed by atoms with E-state index in [1.807, 2.05) is 49.4 Å². The lowest BCUT2D eigenvalue weighted by atomic mass is 10.0. The molecule has 0 spiro atoms. The molecule has 0 N–H and O–H groups in total. The Kier molecular flexibility index (Phi) is 5.87. The number of aryl methyl sites for hydroxylation is 1. The maximum Gasteiger partial charge on any atom is 0.333 e. The van der Waals surface area contributed by atoms with Crippen molar-refractivity contribution >= 4 is 17.6 Å². The van der Waals surface area contributed by atoms with E-state index in [9.17, 15) is 9.59 Å². The van der Waals surface area contributed by atoms with Crippen LogP contribution in [0, 0.1) is 6.92 Å². The summed E-state index contributed by atoms with van der Waals surface area (Å²) in [5, 5.41) is 0. The standard InChI is InChI=1S/C24H29N3O4/c1-16-7-9-18(10-8-16)27-17(2)23(28)26(24(27)29)15-25-13-5-6-21(25)20-12-11-19(30-3)14-22(20)31-4/h7-12,14,17,21H,5-6,13,15H2,1-4H3/t17-,21+/m0/s1. The summed E-state index contributed by atoms with van der Waals surface area (Å²) in [7, 11) is 3.27. The summed E-state index contributed by atoms with van der Waals surface area (Å²) in [6.07, 6.45) is 1.93. The maximum absolute atomic E-state index is 13.2. The molecule has 2 aromatic rings. The van der Waals surface area contributed by atoms with Crippen LogP contribution in [-0.4, -0.2) is 55.2 Å². The normalized spacial score (nSPS) is 21.8. The molecule has 0 saturated carbocycles. The van der Waals surface area contributed by atoms with Crippen LogP contribution in [0.4, 0.5) is 10.5 Å². The van der Waals surface area contributed by atoms with Gasteiger partial charge in [0.15, 0.2) is 0 Å². The number of hydrogen-bond donors (Lipinski definition) is 0. The molecular formula is C24H29N3O4. The lowest BCUT2D eigenvalue weighted by Gasteiger charge is -2.29.